The monoisotopic (exact) mass is 250 g/mol. The summed E-state index contributed by atoms with van der Waals surface area (Å²) < 4.78 is 13.0. The number of carbonyl (C=O) groups is 1. The summed E-state index contributed by atoms with van der Waals surface area (Å²) in [6, 6.07) is 3.87. The van der Waals surface area contributed by atoms with Crippen molar-refractivity contribution in [2.24, 2.45) is 0 Å². The molecule has 0 aromatic heterocycles. The van der Waals surface area contributed by atoms with E-state index < -0.39 is 0 Å². The molecule has 1 aromatic carbocycles. The molecule has 0 aliphatic rings. The van der Waals surface area contributed by atoms with E-state index in [-0.39, 0.29) is 17.5 Å². The molecule has 0 unspecified atom stereocenters. The quantitative estimate of drug-likeness (QED) is 0.583. The maximum Gasteiger partial charge on any atom is 0.178 e. The molecule has 0 spiro atoms. The van der Waals surface area contributed by atoms with Crippen LogP contribution in [0.5, 0.6) is 0 Å². The molecule has 64 valence electrons. The molecular formula is C8H5BrClFO. The number of carbonyl (C=O) groups excluding carboxylic acids is 1. The van der Waals surface area contributed by atoms with Gasteiger partial charge in [0.15, 0.2) is 5.78 Å². The van der Waals surface area contributed by atoms with Gasteiger partial charge in [-0.05, 0) is 34.1 Å². The predicted molar refractivity (Wildman–Crippen MR) is 49.2 cm³/mol. The molecule has 0 bridgehead atoms. The molecule has 0 N–H and O–H groups in total. The van der Waals surface area contributed by atoms with Gasteiger partial charge in [-0.15, -0.1) is 11.6 Å². The zero-order chi connectivity index (χ0) is 9.14. The lowest BCUT2D eigenvalue weighted by Gasteiger charge is -1.99. The Morgan fingerprint density at radius 2 is 2.25 bits per heavy atom. The van der Waals surface area contributed by atoms with Crippen molar-refractivity contribution < 1.29 is 9.18 Å². The van der Waals surface area contributed by atoms with Crippen LogP contribution in [0.1, 0.15) is 10.4 Å². The maximum absolute atomic E-state index is 12.5. The number of hydrogen-bond donors (Lipinski definition) is 0. The lowest BCUT2D eigenvalue weighted by molar-refractivity contribution is 0.102. The van der Waals surface area contributed by atoms with Gasteiger partial charge in [-0.3, -0.25) is 4.79 Å². The molecule has 0 aliphatic heterocycles. The Balaban J connectivity index is 3.09. The largest absolute Gasteiger partial charge is 0.293 e. The van der Waals surface area contributed by atoms with E-state index in [2.05, 4.69) is 15.9 Å². The zero-order valence-electron chi connectivity index (χ0n) is 5.98. The van der Waals surface area contributed by atoms with Crippen LogP contribution in [0.4, 0.5) is 4.39 Å². The van der Waals surface area contributed by atoms with Crippen molar-refractivity contribution in [3.8, 4) is 0 Å². The number of halogens is 3. The van der Waals surface area contributed by atoms with Crippen LogP contribution in [0.25, 0.3) is 0 Å². The van der Waals surface area contributed by atoms with Crippen molar-refractivity contribution in [1.82, 2.24) is 0 Å². The molecule has 1 rings (SSSR count). The first-order chi connectivity index (χ1) is 5.65. The van der Waals surface area contributed by atoms with Gasteiger partial charge in [0, 0.05) is 10.0 Å². The van der Waals surface area contributed by atoms with E-state index in [1.54, 1.807) is 0 Å². The lowest BCUT2D eigenvalue weighted by atomic mass is 10.1. The van der Waals surface area contributed by atoms with Crippen molar-refractivity contribution >= 4 is 33.3 Å². The Bertz CT molecular complexity index is 314. The van der Waals surface area contributed by atoms with Crippen LogP contribution in [-0.4, -0.2) is 11.7 Å². The Labute approximate surface area is 82.7 Å². The van der Waals surface area contributed by atoms with Crippen LogP contribution in [0, 0.1) is 5.82 Å². The molecular weight excluding hydrogens is 246 g/mol. The minimum absolute atomic E-state index is 0.0930. The van der Waals surface area contributed by atoms with E-state index in [0.717, 1.165) is 0 Å². The van der Waals surface area contributed by atoms with Crippen molar-refractivity contribution in [3.05, 3.63) is 34.1 Å². The molecule has 0 saturated carbocycles. The first kappa shape index (κ1) is 9.68. The van der Waals surface area contributed by atoms with Gasteiger partial charge < -0.3 is 0 Å². The SMILES string of the molecule is O=C(CCl)c1ccc(F)cc1Br. The first-order valence-electron chi connectivity index (χ1n) is 3.19. The van der Waals surface area contributed by atoms with E-state index in [9.17, 15) is 9.18 Å². The minimum atomic E-state index is -0.381. The number of alkyl halides is 1. The normalized spacial score (nSPS) is 9.92. The van der Waals surface area contributed by atoms with E-state index >= 15 is 0 Å². The number of rotatable bonds is 2. The second-order valence-electron chi connectivity index (χ2n) is 2.18. The van der Waals surface area contributed by atoms with Crippen molar-refractivity contribution in [2.75, 3.05) is 5.88 Å². The third-order valence-electron chi connectivity index (χ3n) is 1.35. The fourth-order valence-corrected chi connectivity index (χ4v) is 1.50. The molecule has 0 heterocycles. The average molecular weight is 251 g/mol. The summed E-state index contributed by atoms with van der Waals surface area (Å²) in [5.41, 5.74) is 0.409. The van der Waals surface area contributed by atoms with Crippen LogP contribution < -0.4 is 0 Å². The molecule has 12 heavy (non-hydrogen) atoms. The van der Waals surface area contributed by atoms with Gasteiger partial charge in [-0.1, -0.05) is 0 Å². The highest BCUT2D eigenvalue weighted by Gasteiger charge is 2.08. The van der Waals surface area contributed by atoms with Crippen LogP contribution in [0.2, 0.25) is 0 Å². The van der Waals surface area contributed by atoms with Crippen molar-refractivity contribution in [2.45, 2.75) is 0 Å². The van der Waals surface area contributed by atoms with Crippen LogP contribution in [0.3, 0.4) is 0 Å². The summed E-state index contributed by atoms with van der Waals surface area (Å²) in [4.78, 5) is 11.1. The van der Waals surface area contributed by atoms with Crippen LogP contribution >= 0.6 is 27.5 Å². The molecule has 0 saturated heterocycles. The molecule has 0 amide bonds. The van der Waals surface area contributed by atoms with Gasteiger partial charge >= 0.3 is 0 Å². The molecule has 0 radical (unpaired) electrons. The predicted octanol–water partition coefficient (Wildman–Crippen LogP) is 3.01. The lowest BCUT2D eigenvalue weighted by Crippen LogP contribution is -2.01. The van der Waals surface area contributed by atoms with E-state index in [4.69, 9.17) is 11.6 Å². The number of benzene rings is 1. The standard InChI is InChI=1S/C8H5BrClFO/c9-7-3-5(11)1-2-6(7)8(12)4-10/h1-3H,4H2. The number of ketones is 1. The third-order valence-corrected chi connectivity index (χ3v) is 2.25. The van der Waals surface area contributed by atoms with Crippen LogP contribution in [-0.2, 0) is 0 Å². The van der Waals surface area contributed by atoms with Crippen molar-refractivity contribution in [1.29, 1.82) is 0 Å². The van der Waals surface area contributed by atoms with Crippen LogP contribution in [0.15, 0.2) is 22.7 Å². The number of Topliss-reactive ketones (excluding diaryl/α,β-unsaturated/α-hetero) is 1. The summed E-state index contributed by atoms with van der Waals surface area (Å²) in [7, 11) is 0. The second-order valence-corrected chi connectivity index (χ2v) is 3.30. The Kier molecular flexibility index (Phi) is 3.23. The molecule has 0 atom stereocenters. The number of hydrogen-bond acceptors (Lipinski definition) is 1. The molecule has 4 heteroatoms. The smallest absolute Gasteiger partial charge is 0.178 e. The van der Waals surface area contributed by atoms with Crippen molar-refractivity contribution in [3.63, 3.8) is 0 Å². The Hall–Kier alpha value is -0.410. The highest BCUT2D eigenvalue weighted by Crippen LogP contribution is 2.18. The summed E-state index contributed by atoms with van der Waals surface area (Å²) >= 11 is 8.40. The highest BCUT2D eigenvalue weighted by molar-refractivity contribution is 9.10. The van der Waals surface area contributed by atoms with Gasteiger partial charge in [0.2, 0.25) is 0 Å². The van der Waals surface area contributed by atoms with Gasteiger partial charge in [0.1, 0.15) is 5.82 Å². The van der Waals surface area contributed by atoms with E-state index in [0.29, 0.717) is 10.0 Å². The second kappa shape index (κ2) is 4.01. The third kappa shape index (κ3) is 2.05. The zero-order valence-corrected chi connectivity index (χ0v) is 8.32. The fraction of sp³-hybridized carbons (Fsp3) is 0.125. The minimum Gasteiger partial charge on any atom is -0.293 e. The first-order valence-corrected chi connectivity index (χ1v) is 4.52. The van der Waals surface area contributed by atoms with Gasteiger partial charge in [0.05, 0.1) is 5.88 Å². The molecule has 0 aliphatic carbocycles. The van der Waals surface area contributed by atoms with Gasteiger partial charge in [-0.2, -0.15) is 0 Å². The molecule has 1 nitrogen and oxygen atoms in total. The average Bonchev–Trinajstić information content (AvgIpc) is 2.03. The topological polar surface area (TPSA) is 17.1 Å². The maximum atomic E-state index is 12.5. The van der Waals surface area contributed by atoms with E-state index in [1.165, 1.54) is 18.2 Å². The fourth-order valence-electron chi connectivity index (χ4n) is 0.788. The molecule has 0 fully saturated rings. The van der Waals surface area contributed by atoms with Gasteiger partial charge in [-0.25, -0.2) is 4.39 Å². The highest BCUT2D eigenvalue weighted by atomic mass is 79.9. The summed E-state index contributed by atoms with van der Waals surface area (Å²) in [6.45, 7) is 0. The Morgan fingerprint density at radius 1 is 1.58 bits per heavy atom. The summed E-state index contributed by atoms with van der Waals surface area (Å²) in [5, 5.41) is 0. The summed E-state index contributed by atoms with van der Waals surface area (Å²) in [6.07, 6.45) is 0. The Morgan fingerprint density at radius 3 is 2.75 bits per heavy atom. The summed E-state index contributed by atoms with van der Waals surface area (Å²) in [5.74, 6) is -0.693. The van der Waals surface area contributed by atoms with Gasteiger partial charge in [0.25, 0.3) is 0 Å². The van der Waals surface area contributed by atoms with E-state index in [1.807, 2.05) is 0 Å². The molecule has 1 aromatic rings.